The lowest BCUT2D eigenvalue weighted by molar-refractivity contribution is 0.466. The molecule has 0 bridgehead atoms. The maximum Gasteiger partial charge on any atom is 0.218 e. The summed E-state index contributed by atoms with van der Waals surface area (Å²) in [6.45, 7) is 0.294. The fourth-order valence-corrected chi connectivity index (χ4v) is 3.59. The van der Waals surface area contributed by atoms with Gasteiger partial charge in [-0.3, -0.25) is 0 Å². The minimum absolute atomic E-state index is 0.00282. The predicted octanol–water partition coefficient (Wildman–Crippen LogP) is 2.83. The Morgan fingerprint density at radius 1 is 0.958 bits per heavy atom. The molecule has 3 rings (SSSR count). The van der Waals surface area contributed by atoms with Crippen molar-refractivity contribution in [3.05, 3.63) is 84.2 Å². The number of para-hydroxylation sites is 1. The van der Waals surface area contributed by atoms with Crippen LogP contribution in [0.3, 0.4) is 0 Å². The number of nitrogens with zero attached hydrogens (tertiary/aromatic N) is 3. The highest BCUT2D eigenvalue weighted by Gasteiger charge is 2.19. The van der Waals surface area contributed by atoms with Gasteiger partial charge in [-0.15, -0.1) is 0 Å². The zero-order chi connectivity index (χ0) is 17.0. The van der Waals surface area contributed by atoms with Gasteiger partial charge in [-0.05, 0) is 17.7 Å². The molecule has 24 heavy (non-hydrogen) atoms. The third-order valence-electron chi connectivity index (χ3n) is 3.73. The first-order chi connectivity index (χ1) is 11.5. The molecule has 0 unspecified atom stereocenters. The Morgan fingerprint density at radius 2 is 1.58 bits per heavy atom. The van der Waals surface area contributed by atoms with Gasteiger partial charge >= 0.3 is 0 Å². The van der Waals surface area contributed by atoms with Gasteiger partial charge in [0.25, 0.3) is 0 Å². The van der Waals surface area contributed by atoms with Gasteiger partial charge in [0, 0.05) is 25.4 Å². The third-order valence-corrected chi connectivity index (χ3v) is 5.51. The number of benzene rings is 2. The minimum Gasteiger partial charge on any atom is -0.241 e. The second-order valence-corrected chi connectivity index (χ2v) is 7.70. The fourth-order valence-electron chi connectivity index (χ4n) is 2.41. The van der Waals surface area contributed by atoms with Crippen LogP contribution in [-0.2, 0) is 22.3 Å². The molecule has 0 spiro atoms. The summed E-state index contributed by atoms with van der Waals surface area (Å²) >= 11 is 0. The van der Waals surface area contributed by atoms with Crippen molar-refractivity contribution in [2.45, 2.75) is 12.3 Å². The van der Waals surface area contributed by atoms with Crippen molar-refractivity contribution in [3.8, 4) is 5.69 Å². The molecule has 0 radical (unpaired) electrons. The average molecular weight is 341 g/mol. The van der Waals surface area contributed by atoms with Crippen LogP contribution in [0.2, 0.25) is 0 Å². The van der Waals surface area contributed by atoms with Crippen LogP contribution in [0.25, 0.3) is 5.69 Å². The molecule has 5 nitrogen and oxygen atoms in total. The summed E-state index contributed by atoms with van der Waals surface area (Å²) in [7, 11) is -1.78. The molecule has 1 aromatic heterocycles. The molecule has 0 aliphatic heterocycles. The standard InChI is InChI=1S/C18H19N3O2S/c1-20(24(22,23)15-16-8-4-2-5-9-16)13-17-12-19-21(14-17)18-10-6-3-7-11-18/h2-12,14H,13,15H2,1H3. The molecule has 0 fully saturated rings. The molecule has 0 atom stereocenters. The summed E-state index contributed by atoms with van der Waals surface area (Å²) in [5, 5.41) is 4.30. The second-order valence-electron chi connectivity index (χ2n) is 5.63. The van der Waals surface area contributed by atoms with Crippen LogP contribution in [-0.4, -0.2) is 29.6 Å². The highest BCUT2D eigenvalue weighted by Crippen LogP contribution is 2.14. The summed E-state index contributed by atoms with van der Waals surface area (Å²) in [6, 6.07) is 18.9. The second kappa shape index (κ2) is 6.98. The molecule has 1 heterocycles. The maximum absolute atomic E-state index is 12.5. The smallest absolute Gasteiger partial charge is 0.218 e. The Morgan fingerprint density at radius 3 is 2.25 bits per heavy atom. The van der Waals surface area contributed by atoms with Crippen molar-refractivity contribution in [2.75, 3.05) is 7.05 Å². The quantitative estimate of drug-likeness (QED) is 0.693. The van der Waals surface area contributed by atoms with Crippen LogP contribution in [0.15, 0.2) is 73.1 Å². The van der Waals surface area contributed by atoms with E-state index in [9.17, 15) is 8.42 Å². The molecule has 3 aromatic rings. The van der Waals surface area contributed by atoms with Gasteiger partial charge in [-0.2, -0.15) is 5.10 Å². The SMILES string of the molecule is CN(Cc1cnn(-c2ccccc2)c1)S(=O)(=O)Cc1ccccc1. The summed E-state index contributed by atoms with van der Waals surface area (Å²) < 4.78 is 28.1. The maximum atomic E-state index is 12.5. The van der Waals surface area contributed by atoms with E-state index in [1.165, 1.54) is 4.31 Å². The number of rotatable bonds is 6. The number of sulfonamides is 1. The zero-order valence-electron chi connectivity index (χ0n) is 13.4. The molecule has 0 aliphatic carbocycles. The molecular weight excluding hydrogens is 322 g/mol. The molecule has 0 N–H and O–H groups in total. The van der Waals surface area contributed by atoms with Crippen molar-refractivity contribution in [2.24, 2.45) is 0 Å². The van der Waals surface area contributed by atoms with Crippen LogP contribution in [0.1, 0.15) is 11.1 Å². The van der Waals surface area contributed by atoms with E-state index in [0.717, 1.165) is 16.8 Å². The Balaban J connectivity index is 1.70. The number of hydrogen-bond donors (Lipinski definition) is 0. The molecule has 0 aliphatic rings. The van der Waals surface area contributed by atoms with Crippen LogP contribution >= 0.6 is 0 Å². The van der Waals surface area contributed by atoms with Crippen molar-refractivity contribution in [1.29, 1.82) is 0 Å². The van der Waals surface area contributed by atoms with Crippen LogP contribution in [0.5, 0.6) is 0 Å². The van der Waals surface area contributed by atoms with E-state index >= 15 is 0 Å². The number of hydrogen-bond acceptors (Lipinski definition) is 3. The first kappa shape index (κ1) is 16.4. The lowest BCUT2D eigenvalue weighted by Gasteiger charge is -2.16. The third kappa shape index (κ3) is 3.90. The summed E-state index contributed by atoms with van der Waals surface area (Å²) in [5.41, 5.74) is 2.57. The summed E-state index contributed by atoms with van der Waals surface area (Å²) in [5.74, 6) is -0.00282. The lowest BCUT2D eigenvalue weighted by atomic mass is 10.2. The van der Waals surface area contributed by atoms with Gasteiger partial charge < -0.3 is 0 Å². The van der Waals surface area contributed by atoms with Crippen molar-refractivity contribution in [1.82, 2.24) is 14.1 Å². The number of aromatic nitrogens is 2. The topological polar surface area (TPSA) is 55.2 Å². The fraction of sp³-hybridized carbons (Fsp3) is 0.167. The van der Waals surface area contributed by atoms with Crippen LogP contribution in [0, 0.1) is 0 Å². The van der Waals surface area contributed by atoms with Gasteiger partial charge in [0.1, 0.15) is 0 Å². The van der Waals surface area contributed by atoms with Crippen LogP contribution in [0.4, 0.5) is 0 Å². The van der Waals surface area contributed by atoms with Gasteiger partial charge in [-0.1, -0.05) is 48.5 Å². The monoisotopic (exact) mass is 341 g/mol. The molecule has 0 saturated heterocycles. The first-order valence-corrected chi connectivity index (χ1v) is 9.22. The predicted molar refractivity (Wildman–Crippen MR) is 94.1 cm³/mol. The molecular formula is C18H19N3O2S. The van der Waals surface area contributed by atoms with E-state index in [1.54, 1.807) is 17.9 Å². The van der Waals surface area contributed by atoms with Gasteiger partial charge in [0.15, 0.2) is 0 Å². The van der Waals surface area contributed by atoms with Crippen molar-refractivity contribution < 1.29 is 8.42 Å². The molecule has 6 heteroatoms. The lowest BCUT2D eigenvalue weighted by Crippen LogP contribution is -2.27. The zero-order valence-corrected chi connectivity index (χ0v) is 14.2. The normalized spacial score (nSPS) is 11.8. The van der Waals surface area contributed by atoms with E-state index in [4.69, 9.17) is 0 Å². The molecule has 0 saturated carbocycles. The van der Waals surface area contributed by atoms with Gasteiger partial charge in [0.05, 0.1) is 17.6 Å². The molecule has 124 valence electrons. The molecule has 2 aromatic carbocycles. The van der Waals surface area contributed by atoms with E-state index in [0.29, 0.717) is 6.54 Å². The van der Waals surface area contributed by atoms with Gasteiger partial charge in [0.2, 0.25) is 10.0 Å². The minimum atomic E-state index is -3.37. The highest BCUT2D eigenvalue weighted by atomic mass is 32.2. The Labute approximate surface area is 142 Å². The highest BCUT2D eigenvalue weighted by molar-refractivity contribution is 7.88. The Kier molecular flexibility index (Phi) is 4.78. The summed E-state index contributed by atoms with van der Waals surface area (Å²) in [4.78, 5) is 0. The van der Waals surface area contributed by atoms with E-state index < -0.39 is 10.0 Å². The molecule has 0 amide bonds. The van der Waals surface area contributed by atoms with Crippen molar-refractivity contribution >= 4 is 10.0 Å². The Hall–Kier alpha value is -2.44. The largest absolute Gasteiger partial charge is 0.241 e. The van der Waals surface area contributed by atoms with E-state index in [1.807, 2.05) is 66.9 Å². The average Bonchev–Trinajstić information content (AvgIpc) is 3.05. The van der Waals surface area contributed by atoms with E-state index in [2.05, 4.69) is 5.10 Å². The summed E-state index contributed by atoms with van der Waals surface area (Å²) in [6.07, 6.45) is 3.55. The Bertz CT molecular complexity index is 890. The van der Waals surface area contributed by atoms with Crippen LogP contribution < -0.4 is 0 Å². The van der Waals surface area contributed by atoms with Crippen molar-refractivity contribution in [3.63, 3.8) is 0 Å². The van der Waals surface area contributed by atoms with E-state index in [-0.39, 0.29) is 5.75 Å². The first-order valence-electron chi connectivity index (χ1n) is 7.61. The van der Waals surface area contributed by atoms with Gasteiger partial charge in [-0.25, -0.2) is 17.4 Å².